The number of hydrogen-bond acceptors (Lipinski definition) is 3. The number of rotatable bonds is 4. The zero-order valence-electron chi connectivity index (χ0n) is 11.8. The second kappa shape index (κ2) is 4.22. The van der Waals surface area contributed by atoms with E-state index < -0.39 is 0 Å². The Morgan fingerprint density at radius 1 is 1.12 bits per heavy atom. The molecule has 17 heavy (non-hydrogen) atoms. The predicted octanol–water partition coefficient (Wildman–Crippen LogP) is 1.77. The Hall–Kier alpha value is -0.120. The molecule has 2 aliphatic rings. The minimum atomic E-state index is -0.0403. The Labute approximate surface area is 105 Å². The van der Waals surface area contributed by atoms with E-state index in [0.717, 1.165) is 45.1 Å². The highest BCUT2D eigenvalue weighted by atomic mass is 16.5. The molecule has 3 nitrogen and oxygen atoms in total. The lowest BCUT2D eigenvalue weighted by Crippen LogP contribution is -2.52. The molecule has 2 rings (SSSR count). The largest absolute Gasteiger partial charge is 0.381 e. The molecule has 3 heteroatoms. The molecule has 0 radical (unpaired) electrons. The average molecular weight is 240 g/mol. The lowest BCUT2D eigenvalue weighted by molar-refractivity contribution is 0.0530. The van der Waals surface area contributed by atoms with E-state index >= 15 is 0 Å². The number of nitrogens with two attached hydrogens (primary N) is 1. The van der Waals surface area contributed by atoms with Crippen LogP contribution in [0.2, 0.25) is 0 Å². The minimum Gasteiger partial charge on any atom is -0.381 e. The molecule has 1 aliphatic carbocycles. The van der Waals surface area contributed by atoms with Crippen molar-refractivity contribution in [2.75, 3.05) is 26.3 Å². The molecule has 3 N–H and O–H groups in total. The summed E-state index contributed by atoms with van der Waals surface area (Å²) in [7, 11) is 0. The highest BCUT2D eigenvalue weighted by Gasteiger charge is 2.63. The van der Waals surface area contributed by atoms with Gasteiger partial charge in [0.1, 0.15) is 0 Å². The van der Waals surface area contributed by atoms with E-state index in [1.165, 1.54) is 0 Å². The fraction of sp³-hybridized carbons (Fsp3) is 1.00. The number of nitrogens with one attached hydrogen (secondary N) is 1. The number of ether oxygens (including phenoxy) is 1. The maximum absolute atomic E-state index is 6.36. The Bertz CT molecular complexity index is 266. The van der Waals surface area contributed by atoms with Crippen molar-refractivity contribution >= 4 is 0 Å². The summed E-state index contributed by atoms with van der Waals surface area (Å²) >= 11 is 0. The van der Waals surface area contributed by atoms with Crippen molar-refractivity contribution in [3.63, 3.8) is 0 Å². The summed E-state index contributed by atoms with van der Waals surface area (Å²) in [6.07, 6.45) is 1.97. The topological polar surface area (TPSA) is 47.3 Å². The Balaban J connectivity index is 1.74. The van der Waals surface area contributed by atoms with Crippen molar-refractivity contribution in [1.29, 1.82) is 0 Å². The molecule has 100 valence electrons. The molecule has 0 aromatic heterocycles. The van der Waals surface area contributed by atoms with Crippen LogP contribution in [0.25, 0.3) is 0 Å². The lowest BCUT2D eigenvalue weighted by atomic mass is 9.91. The summed E-state index contributed by atoms with van der Waals surface area (Å²) < 4.78 is 5.36. The van der Waals surface area contributed by atoms with Crippen molar-refractivity contribution in [3.8, 4) is 0 Å². The third kappa shape index (κ3) is 2.38. The summed E-state index contributed by atoms with van der Waals surface area (Å²) in [6, 6.07) is 0. The molecular formula is C14H28N2O. The van der Waals surface area contributed by atoms with E-state index in [0.29, 0.717) is 10.8 Å². The first kappa shape index (κ1) is 13.3. The van der Waals surface area contributed by atoms with E-state index in [-0.39, 0.29) is 5.54 Å². The maximum atomic E-state index is 6.36. The van der Waals surface area contributed by atoms with Gasteiger partial charge in [-0.25, -0.2) is 0 Å². The van der Waals surface area contributed by atoms with Gasteiger partial charge in [-0.2, -0.15) is 0 Å². The summed E-state index contributed by atoms with van der Waals surface area (Å²) in [5.41, 5.74) is 7.26. The molecule has 1 heterocycles. The molecule has 0 amide bonds. The van der Waals surface area contributed by atoms with Crippen molar-refractivity contribution < 1.29 is 4.74 Å². The molecule has 0 bridgehead atoms. The van der Waals surface area contributed by atoms with Crippen LogP contribution in [-0.4, -0.2) is 31.8 Å². The van der Waals surface area contributed by atoms with Crippen molar-refractivity contribution in [2.24, 2.45) is 22.5 Å². The molecule has 0 atom stereocenters. The Morgan fingerprint density at radius 3 is 2.12 bits per heavy atom. The van der Waals surface area contributed by atoms with Crippen molar-refractivity contribution in [1.82, 2.24) is 5.32 Å². The minimum absolute atomic E-state index is 0.0403. The molecule has 2 fully saturated rings. The quantitative estimate of drug-likeness (QED) is 0.787. The third-order valence-electron chi connectivity index (χ3n) is 5.63. The van der Waals surface area contributed by atoms with Gasteiger partial charge in [-0.05, 0) is 36.1 Å². The van der Waals surface area contributed by atoms with Gasteiger partial charge in [-0.15, -0.1) is 0 Å². The van der Waals surface area contributed by atoms with Crippen LogP contribution in [0.4, 0.5) is 0 Å². The zero-order chi connectivity index (χ0) is 12.7. The van der Waals surface area contributed by atoms with E-state index in [1.54, 1.807) is 0 Å². The van der Waals surface area contributed by atoms with Crippen LogP contribution in [0.5, 0.6) is 0 Å². The summed E-state index contributed by atoms with van der Waals surface area (Å²) in [5, 5.41) is 3.59. The van der Waals surface area contributed by atoms with Gasteiger partial charge in [-0.1, -0.05) is 27.7 Å². The maximum Gasteiger partial charge on any atom is 0.0484 e. The van der Waals surface area contributed by atoms with Gasteiger partial charge < -0.3 is 15.8 Å². The molecule has 1 aliphatic heterocycles. The predicted molar refractivity (Wildman–Crippen MR) is 70.9 cm³/mol. The molecule has 0 spiro atoms. The van der Waals surface area contributed by atoms with Crippen LogP contribution >= 0.6 is 0 Å². The molecular weight excluding hydrogens is 212 g/mol. The van der Waals surface area contributed by atoms with Gasteiger partial charge in [0.25, 0.3) is 0 Å². The van der Waals surface area contributed by atoms with Gasteiger partial charge in [0.15, 0.2) is 0 Å². The normalized spacial score (nSPS) is 30.2. The van der Waals surface area contributed by atoms with Crippen LogP contribution in [0, 0.1) is 16.7 Å². The molecule has 1 saturated heterocycles. The molecule has 0 unspecified atom stereocenters. The summed E-state index contributed by atoms with van der Waals surface area (Å²) in [6.45, 7) is 13.1. The summed E-state index contributed by atoms with van der Waals surface area (Å²) in [5.74, 6) is 0.776. The standard InChI is InChI=1S/C14H28N2O/c1-12(2)11(13(12,3)4)9-16-10-14(15)5-7-17-8-6-14/h11,16H,5-10,15H2,1-4H3. The van der Waals surface area contributed by atoms with Crippen LogP contribution in [-0.2, 0) is 4.74 Å². The Kier molecular flexibility index (Phi) is 3.30. The van der Waals surface area contributed by atoms with E-state index in [2.05, 4.69) is 33.0 Å². The second-order valence-corrected chi connectivity index (χ2v) is 7.10. The third-order valence-corrected chi connectivity index (χ3v) is 5.63. The van der Waals surface area contributed by atoms with Gasteiger partial charge in [-0.3, -0.25) is 0 Å². The monoisotopic (exact) mass is 240 g/mol. The first-order valence-corrected chi connectivity index (χ1v) is 6.87. The van der Waals surface area contributed by atoms with Gasteiger partial charge in [0.2, 0.25) is 0 Å². The fourth-order valence-electron chi connectivity index (χ4n) is 3.26. The van der Waals surface area contributed by atoms with Gasteiger partial charge >= 0.3 is 0 Å². The average Bonchev–Trinajstić information content (AvgIpc) is 2.61. The van der Waals surface area contributed by atoms with Crippen LogP contribution in [0.15, 0.2) is 0 Å². The number of hydrogen-bond donors (Lipinski definition) is 2. The SMILES string of the molecule is CC1(C)C(CNCC2(N)CCOCC2)C1(C)C. The van der Waals surface area contributed by atoms with Crippen LogP contribution < -0.4 is 11.1 Å². The lowest BCUT2D eigenvalue weighted by Gasteiger charge is -2.33. The second-order valence-electron chi connectivity index (χ2n) is 7.10. The van der Waals surface area contributed by atoms with Crippen molar-refractivity contribution in [3.05, 3.63) is 0 Å². The highest BCUT2D eigenvalue weighted by molar-refractivity contribution is 5.13. The Morgan fingerprint density at radius 2 is 1.65 bits per heavy atom. The van der Waals surface area contributed by atoms with Gasteiger partial charge in [0.05, 0.1) is 0 Å². The van der Waals surface area contributed by atoms with E-state index in [9.17, 15) is 0 Å². The van der Waals surface area contributed by atoms with E-state index in [4.69, 9.17) is 10.5 Å². The first-order chi connectivity index (χ1) is 7.80. The fourth-order valence-corrected chi connectivity index (χ4v) is 3.26. The zero-order valence-corrected chi connectivity index (χ0v) is 11.8. The van der Waals surface area contributed by atoms with E-state index in [1.807, 2.05) is 0 Å². The molecule has 1 saturated carbocycles. The van der Waals surface area contributed by atoms with Crippen molar-refractivity contribution in [2.45, 2.75) is 46.1 Å². The highest BCUT2D eigenvalue weighted by Crippen LogP contribution is 2.67. The van der Waals surface area contributed by atoms with Crippen LogP contribution in [0.3, 0.4) is 0 Å². The summed E-state index contributed by atoms with van der Waals surface area (Å²) in [4.78, 5) is 0. The smallest absolute Gasteiger partial charge is 0.0484 e. The molecule has 0 aromatic rings. The molecule has 0 aromatic carbocycles. The van der Waals surface area contributed by atoms with Crippen LogP contribution in [0.1, 0.15) is 40.5 Å². The first-order valence-electron chi connectivity index (χ1n) is 6.87. The van der Waals surface area contributed by atoms with Gasteiger partial charge in [0, 0.05) is 25.3 Å².